The lowest BCUT2D eigenvalue weighted by Gasteiger charge is -2.28. The zero-order valence-corrected chi connectivity index (χ0v) is 20.0. The monoisotopic (exact) mass is 460 g/mol. The number of carbonyl (C=O) groups excluding carboxylic acids is 2. The Balaban J connectivity index is 1.77. The molecule has 0 spiro atoms. The SMILES string of the molecule is CCO[Si](CCCCC(=O)Oc1ccc(OC(=O)c2ccccc2)cc1)(OCC)OCC. The highest BCUT2D eigenvalue weighted by Crippen LogP contribution is 2.22. The molecular formula is C24H32O7Si. The molecule has 0 unspecified atom stereocenters. The van der Waals surface area contributed by atoms with E-state index in [4.69, 9.17) is 22.8 Å². The van der Waals surface area contributed by atoms with Gasteiger partial charge in [0.05, 0.1) is 5.56 Å². The summed E-state index contributed by atoms with van der Waals surface area (Å²) < 4.78 is 28.2. The fourth-order valence-corrected chi connectivity index (χ4v) is 5.80. The molecule has 0 heterocycles. The third-order valence-electron chi connectivity index (χ3n) is 4.48. The molecule has 0 atom stereocenters. The molecule has 2 aromatic carbocycles. The van der Waals surface area contributed by atoms with E-state index < -0.39 is 14.8 Å². The highest BCUT2D eigenvalue weighted by molar-refractivity contribution is 6.60. The Morgan fingerprint density at radius 3 is 1.78 bits per heavy atom. The van der Waals surface area contributed by atoms with Crippen molar-refractivity contribution in [2.75, 3.05) is 19.8 Å². The predicted molar refractivity (Wildman–Crippen MR) is 123 cm³/mol. The fourth-order valence-electron chi connectivity index (χ4n) is 3.11. The number of benzene rings is 2. The smallest absolute Gasteiger partial charge is 0.427 e. The van der Waals surface area contributed by atoms with Gasteiger partial charge in [-0.3, -0.25) is 4.79 Å². The van der Waals surface area contributed by atoms with Crippen molar-refractivity contribution >= 4 is 20.7 Å². The van der Waals surface area contributed by atoms with Crippen LogP contribution in [-0.2, 0) is 18.1 Å². The number of esters is 2. The van der Waals surface area contributed by atoms with Gasteiger partial charge in [-0.05, 0) is 70.0 Å². The second-order valence-electron chi connectivity index (χ2n) is 6.89. The van der Waals surface area contributed by atoms with Crippen LogP contribution in [0.2, 0.25) is 6.04 Å². The number of hydrogen-bond donors (Lipinski definition) is 0. The number of carbonyl (C=O) groups is 2. The Morgan fingerprint density at radius 1 is 0.719 bits per heavy atom. The van der Waals surface area contributed by atoms with Gasteiger partial charge in [0.25, 0.3) is 0 Å². The summed E-state index contributed by atoms with van der Waals surface area (Å²) in [4.78, 5) is 24.3. The molecule has 0 bridgehead atoms. The highest BCUT2D eigenvalue weighted by Gasteiger charge is 2.39. The molecule has 0 aliphatic rings. The third-order valence-corrected chi connectivity index (χ3v) is 7.63. The van der Waals surface area contributed by atoms with Gasteiger partial charge in [0.1, 0.15) is 11.5 Å². The number of ether oxygens (including phenoxy) is 2. The van der Waals surface area contributed by atoms with Crippen LogP contribution >= 0.6 is 0 Å². The van der Waals surface area contributed by atoms with Gasteiger partial charge in [0.15, 0.2) is 0 Å². The summed E-state index contributed by atoms with van der Waals surface area (Å²) in [7, 11) is -2.68. The van der Waals surface area contributed by atoms with Gasteiger partial charge >= 0.3 is 20.7 Å². The molecule has 0 aliphatic heterocycles. The molecule has 8 heteroatoms. The van der Waals surface area contributed by atoms with E-state index in [1.165, 1.54) is 0 Å². The Hall–Kier alpha value is -2.52. The molecule has 0 aromatic heterocycles. The average molecular weight is 461 g/mol. The molecule has 0 saturated heterocycles. The maximum Gasteiger partial charge on any atom is 0.500 e. The molecule has 2 aromatic rings. The topological polar surface area (TPSA) is 80.3 Å². The zero-order chi connectivity index (χ0) is 23.2. The van der Waals surface area contributed by atoms with Gasteiger partial charge in [-0.25, -0.2) is 4.79 Å². The van der Waals surface area contributed by atoms with Crippen molar-refractivity contribution in [1.29, 1.82) is 0 Å². The van der Waals surface area contributed by atoms with Crippen LogP contribution in [0.3, 0.4) is 0 Å². The summed E-state index contributed by atoms with van der Waals surface area (Å²) in [5.41, 5.74) is 0.466. The molecular weight excluding hydrogens is 428 g/mol. The van der Waals surface area contributed by atoms with Gasteiger partial charge in [0, 0.05) is 32.3 Å². The van der Waals surface area contributed by atoms with Crippen LogP contribution in [0.1, 0.15) is 50.4 Å². The lowest BCUT2D eigenvalue weighted by molar-refractivity contribution is -0.134. The summed E-state index contributed by atoms with van der Waals surface area (Å²) in [6, 6.07) is 15.8. The number of unbranched alkanes of at least 4 members (excludes halogenated alkanes) is 1. The molecule has 0 saturated carbocycles. The zero-order valence-electron chi connectivity index (χ0n) is 19.0. The Morgan fingerprint density at radius 2 is 1.25 bits per heavy atom. The van der Waals surface area contributed by atoms with Gasteiger partial charge in [0.2, 0.25) is 0 Å². The van der Waals surface area contributed by atoms with Crippen LogP contribution in [0.15, 0.2) is 54.6 Å². The van der Waals surface area contributed by atoms with Crippen molar-refractivity contribution in [3.05, 3.63) is 60.2 Å². The molecule has 0 N–H and O–H groups in total. The lowest BCUT2D eigenvalue weighted by Crippen LogP contribution is -2.45. The average Bonchev–Trinajstić information content (AvgIpc) is 2.79. The van der Waals surface area contributed by atoms with E-state index in [9.17, 15) is 9.59 Å². The van der Waals surface area contributed by atoms with Crippen molar-refractivity contribution in [1.82, 2.24) is 0 Å². The molecule has 2 rings (SSSR count). The van der Waals surface area contributed by atoms with E-state index >= 15 is 0 Å². The van der Waals surface area contributed by atoms with E-state index in [0.29, 0.717) is 49.3 Å². The molecule has 174 valence electrons. The van der Waals surface area contributed by atoms with Crippen molar-refractivity contribution in [2.24, 2.45) is 0 Å². The molecule has 0 amide bonds. The van der Waals surface area contributed by atoms with Crippen molar-refractivity contribution in [3.8, 4) is 11.5 Å². The van der Waals surface area contributed by atoms with E-state index in [1.807, 2.05) is 26.8 Å². The van der Waals surface area contributed by atoms with E-state index in [0.717, 1.165) is 6.42 Å². The summed E-state index contributed by atoms with van der Waals surface area (Å²) in [6.07, 6.45) is 1.67. The van der Waals surface area contributed by atoms with Gasteiger partial charge < -0.3 is 22.8 Å². The summed E-state index contributed by atoms with van der Waals surface area (Å²) >= 11 is 0. The predicted octanol–water partition coefficient (Wildman–Crippen LogP) is 5.03. The van der Waals surface area contributed by atoms with Crippen LogP contribution in [0.25, 0.3) is 0 Å². The Bertz CT molecular complexity index is 807. The van der Waals surface area contributed by atoms with E-state index in [1.54, 1.807) is 48.5 Å². The molecule has 32 heavy (non-hydrogen) atoms. The summed E-state index contributed by atoms with van der Waals surface area (Å²) in [5.74, 6) is 0.00978. The van der Waals surface area contributed by atoms with Gasteiger partial charge in [-0.1, -0.05) is 18.2 Å². The maximum atomic E-state index is 12.2. The Kier molecular flexibility index (Phi) is 11.1. The van der Waals surface area contributed by atoms with Crippen molar-refractivity contribution in [3.63, 3.8) is 0 Å². The maximum absolute atomic E-state index is 12.2. The second kappa shape index (κ2) is 13.8. The quantitative estimate of drug-likeness (QED) is 0.169. The van der Waals surface area contributed by atoms with Crippen LogP contribution < -0.4 is 9.47 Å². The fraction of sp³-hybridized carbons (Fsp3) is 0.417. The number of hydrogen-bond acceptors (Lipinski definition) is 7. The van der Waals surface area contributed by atoms with Crippen molar-refractivity contribution < 1.29 is 32.3 Å². The highest BCUT2D eigenvalue weighted by atomic mass is 28.4. The van der Waals surface area contributed by atoms with Crippen LogP contribution in [0, 0.1) is 0 Å². The third kappa shape index (κ3) is 8.55. The molecule has 0 fully saturated rings. The number of rotatable bonds is 14. The van der Waals surface area contributed by atoms with Gasteiger partial charge in [-0.15, -0.1) is 0 Å². The second-order valence-corrected chi connectivity index (χ2v) is 9.62. The first kappa shape index (κ1) is 25.7. The molecule has 0 aliphatic carbocycles. The minimum absolute atomic E-state index is 0.277. The standard InChI is InChI=1S/C24H32O7Si/c1-4-27-32(28-5-2,29-6-3)19-11-10-14-23(25)30-21-15-17-22(18-16-21)31-24(26)20-12-8-7-9-13-20/h7-9,12-13,15-18H,4-6,10-11,14,19H2,1-3H3. The van der Waals surface area contributed by atoms with Crippen molar-refractivity contribution in [2.45, 2.75) is 46.1 Å². The van der Waals surface area contributed by atoms with Crippen LogP contribution in [0.5, 0.6) is 11.5 Å². The summed E-state index contributed by atoms with van der Waals surface area (Å²) in [6.45, 7) is 7.36. The normalized spacial score (nSPS) is 11.2. The minimum atomic E-state index is -2.68. The van der Waals surface area contributed by atoms with Gasteiger partial charge in [-0.2, -0.15) is 0 Å². The minimum Gasteiger partial charge on any atom is -0.427 e. The first-order valence-corrected chi connectivity index (χ1v) is 12.9. The van der Waals surface area contributed by atoms with Crippen LogP contribution in [0.4, 0.5) is 0 Å². The van der Waals surface area contributed by atoms with Crippen LogP contribution in [-0.4, -0.2) is 40.6 Å². The van der Waals surface area contributed by atoms with E-state index in [2.05, 4.69) is 0 Å². The first-order chi connectivity index (χ1) is 15.5. The molecule has 0 radical (unpaired) electrons. The molecule has 7 nitrogen and oxygen atoms in total. The first-order valence-electron chi connectivity index (χ1n) is 11.0. The van der Waals surface area contributed by atoms with E-state index in [-0.39, 0.29) is 12.4 Å². The summed E-state index contributed by atoms with van der Waals surface area (Å²) in [5, 5.41) is 0. The largest absolute Gasteiger partial charge is 0.500 e. The Labute approximate surface area is 191 Å². The lowest BCUT2D eigenvalue weighted by atomic mass is 10.2.